The molecule has 0 amide bonds. The lowest BCUT2D eigenvalue weighted by atomic mass is 10.2. The fourth-order valence-electron chi connectivity index (χ4n) is 0.491. The van der Waals surface area contributed by atoms with Gasteiger partial charge in [0.1, 0.15) is 0 Å². The second-order valence-corrected chi connectivity index (χ2v) is 3.09. The van der Waals surface area contributed by atoms with Crippen LogP contribution in [0.15, 0.2) is 0 Å². The number of rotatable bonds is 2. The topological polar surface area (TPSA) is 29.5 Å². The van der Waals surface area contributed by atoms with Gasteiger partial charge in [0.2, 0.25) is 0 Å². The van der Waals surface area contributed by atoms with Crippen molar-refractivity contribution in [3.05, 3.63) is 0 Å². The fraction of sp³-hybridized carbons (Fsp3) is 1.00. The van der Waals surface area contributed by atoms with Crippen LogP contribution in [0.3, 0.4) is 0 Å². The summed E-state index contributed by atoms with van der Waals surface area (Å²) in [6.45, 7) is 7.65. The van der Waals surface area contributed by atoms with Crippen LogP contribution < -0.4 is 0 Å². The molecule has 0 aromatic carbocycles. The van der Waals surface area contributed by atoms with Gasteiger partial charge in [0.25, 0.3) is 0 Å². The van der Waals surface area contributed by atoms with Crippen LogP contribution in [0, 0.1) is 0 Å². The molecule has 0 bridgehead atoms. The first-order valence-corrected chi connectivity index (χ1v) is 3.31. The Hall–Kier alpha value is -0.0800. The predicted octanol–water partition coefficient (Wildman–Crippen LogP) is 1.53. The molecule has 0 aliphatic carbocycles. The van der Waals surface area contributed by atoms with Gasteiger partial charge in [-0.1, -0.05) is 6.92 Å². The lowest BCUT2D eigenvalue weighted by molar-refractivity contribution is -0.165. The van der Waals surface area contributed by atoms with Gasteiger partial charge >= 0.3 is 0 Å². The van der Waals surface area contributed by atoms with Crippen molar-refractivity contribution < 1.29 is 9.84 Å². The molecule has 9 heavy (non-hydrogen) atoms. The van der Waals surface area contributed by atoms with E-state index in [0.717, 1.165) is 0 Å². The lowest BCUT2D eigenvalue weighted by Crippen LogP contribution is -2.26. The summed E-state index contributed by atoms with van der Waals surface area (Å²) in [5.41, 5.74) is -0.227. The van der Waals surface area contributed by atoms with E-state index >= 15 is 0 Å². The largest absolute Gasteiger partial charge is 0.368 e. The van der Waals surface area contributed by atoms with E-state index in [1.54, 1.807) is 0 Å². The van der Waals surface area contributed by atoms with Gasteiger partial charge in [0.05, 0.1) is 5.60 Å². The molecule has 0 heterocycles. The maximum Gasteiger partial charge on any atom is 0.154 e. The summed E-state index contributed by atoms with van der Waals surface area (Å²) in [5, 5.41) is 8.97. The summed E-state index contributed by atoms with van der Waals surface area (Å²) in [6, 6.07) is 0. The first-order valence-electron chi connectivity index (χ1n) is 3.31. The van der Waals surface area contributed by atoms with Gasteiger partial charge in [-0.3, -0.25) is 0 Å². The summed E-state index contributed by atoms with van der Waals surface area (Å²) in [6.07, 6.45) is 0.0436. The van der Waals surface area contributed by atoms with Crippen LogP contribution in [0.2, 0.25) is 0 Å². The third-order valence-electron chi connectivity index (χ3n) is 0.839. The zero-order valence-electron chi connectivity index (χ0n) is 6.64. The molecule has 0 radical (unpaired) electrons. The number of aliphatic hydroxyl groups is 1. The predicted molar refractivity (Wildman–Crippen MR) is 37.1 cm³/mol. The van der Waals surface area contributed by atoms with Gasteiger partial charge in [-0.2, -0.15) is 0 Å². The Kier molecular flexibility index (Phi) is 3.15. The van der Waals surface area contributed by atoms with Crippen molar-refractivity contribution in [3.63, 3.8) is 0 Å². The number of hydrogen-bond acceptors (Lipinski definition) is 2. The number of hydrogen-bond donors (Lipinski definition) is 1. The summed E-state index contributed by atoms with van der Waals surface area (Å²) < 4.78 is 5.14. The Morgan fingerprint density at radius 3 is 2.00 bits per heavy atom. The second-order valence-electron chi connectivity index (χ2n) is 3.09. The molecule has 0 rings (SSSR count). The summed E-state index contributed by atoms with van der Waals surface area (Å²) >= 11 is 0. The van der Waals surface area contributed by atoms with Crippen molar-refractivity contribution >= 4 is 0 Å². The molecule has 0 fully saturated rings. The lowest BCUT2D eigenvalue weighted by Gasteiger charge is -2.22. The molecule has 0 unspecified atom stereocenters. The first kappa shape index (κ1) is 8.92. The maximum absolute atomic E-state index is 8.97. The molecule has 0 aromatic heterocycles. The van der Waals surface area contributed by atoms with E-state index in [9.17, 15) is 0 Å². The molecule has 1 N–H and O–H groups in total. The van der Waals surface area contributed by atoms with Gasteiger partial charge in [-0.25, -0.2) is 0 Å². The first-order chi connectivity index (χ1) is 3.95. The van der Waals surface area contributed by atoms with Crippen LogP contribution in [0.4, 0.5) is 0 Å². The highest BCUT2D eigenvalue weighted by Crippen LogP contribution is 2.10. The molecule has 0 aliphatic rings. The zero-order chi connectivity index (χ0) is 7.49. The van der Waals surface area contributed by atoms with E-state index < -0.39 is 6.29 Å². The van der Waals surface area contributed by atoms with Crippen molar-refractivity contribution in [2.45, 2.75) is 46.0 Å². The Morgan fingerprint density at radius 1 is 1.44 bits per heavy atom. The number of ether oxygens (including phenoxy) is 1. The van der Waals surface area contributed by atoms with Gasteiger partial charge in [-0.15, -0.1) is 0 Å². The van der Waals surface area contributed by atoms with Crippen LogP contribution in [0.5, 0.6) is 0 Å². The minimum atomic E-state index is -0.606. The molecule has 2 nitrogen and oxygen atoms in total. The van der Waals surface area contributed by atoms with E-state index in [1.807, 2.05) is 27.7 Å². The summed E-state index contributed by atoms with van der Waals surface area (Å²) in [5.74, 6) is 0. The van der Waals surface area contributed by atoms with Crippen LogP contribution >= 0.6 is 0 Å². The van der Waals surface area contributed by atoms with Crippen LogP contribution in [0.25, 0.3) is 0 Å². The van der Waals surface area contributed by atoms with Crippen molar-refractivity contribution in [1.82, 2.24) is 0 Å². The molecule has 1 atom stereocenters. The van der Waals surface area contributed by atoms with Crippen LogP contribution in [-0.4, -0.2) is 17.0 Å². The Labute approximate surface area is 56.8 Å². The summed E-state index contributed by atoms with van der Waals surface area (Å²) in [4.78, 5) is 0. The number of aliphatic hydroxyl groups excluding tert-OH is 1. The SMILES string of the molecule is CC[C@@H](O)OC(C)(C)C. The maximum atomic E-state index is 8.97. The van der Waals surface area contributed by atoms with Gasteiger partial charge < -0.3 is 9.84 Å². The minimum Gasteiger partial charge on any atom is -0.368 e. The smallest absolute Gasteiger partial charge is 0.154 e. The average molecular weight is 132 g/mol. The van der Waals surface area contributed by atoms with Crippen molar-refractivity contribution in [2.75, 3.05) is 0 Å². The monoisotopic (exact) mass is 132 g/mol. The minimum absolute atomic E-state index is 0.227. The highest BCUT2D eigenvalue weighted by Gasteiger charge is 2.14. The molecule has 0 aromatic rings. The third kappa shape index (κ3) is 5.80. The quantitative estimate of drug-likeness (QED) is 0.577. The van der Waals surface area contributed by atoms with E-state index in [-0.39, 0.29) is 5.60 Å². The Bertz CT molecular complexity index is 73.5. The van der Waals surface area contributed by atoms with Crippen molar-refractivity contribution in [1.29, 1.82) is 0 Å². The van der Waals surface area contributed by atoms with Crippen molar-refractivity contribution in [3.8, 4) is 0 Å². The van der Waals surface area contributed by atoms with Crippen LogP contribution in [-0.2, 0) is 4.74 Å². The van der Waals surface area contributed by atoms with E-state index in [1.165, 1.54) is 0 Å². The van der Waals surface area contributed by atoms with Gasteiger partial charge in [-0.05, 0) is 27.2 Å². The molecular weight excluding hydrogens is 116 g/mol. The highest BCUT2D eigenvalue weighted by molar-refractivity contribution is 4.59. The average Bonchev–Trinajstić information content (AvgIpc) is 1.62. The standard InChI is InChI=1S/C7H16O2/c1-5-6(8)9-7(2,3)4/h6,8H,5H2,1-4H3/t6-/m0/s1. The highest BCUT2D eigenvalue weighted by atomic mass is 16.6. The molecule has 56 valence electrons. The van der Waals surface area contributed by atoms with Crippen LogP contribution in [0.1, 0.15) is 34.1 Å². The second kappa shape index (κ2) is 3.18. The molecule has 0 saturated carbocycles. The van der Waals surface area contributed by atoms with Gasteiger partial charge in [0.15, 0.2) is 6.29 Å². The van der Waals surface area contributed by atoms with E-state index in [2.05, 4.69) is 0 Å². The Balaban J connectivity index is 3.47. The molecule has 2 heteroatoms. The van der Waals surface area contributed by atoms with Crippen molar-refractivity contribution in [2.24, 2.45) is 0 Å². The van der Waals surface area contributed by atoms with Gasteiger partial charge in [0, 0.05) is 0 Å². The zero-order valence-corrected chi connectivity index (χ0v) is 6.64. The third-order valence-corrected chi connectivity index (χ3v) is 0.839. The Morgan fingerprint density at radius 2 is 1.89 bits per heavy atom. The molecule has 0 aliphatic heterocycles. The molecular formula is C7H16O2. The molecule has 0 saturated heterocycles. The normalized spacial score (nSPS) is 15.7. The summed E-state index contributed by atoms with van der Waals surface area (Å²) in [7, 11) is 0. The molecule has 0 spiro atoms. The fourth-order valence-corrected chi connectivity index (χ4v) is 0.491. The van der Waals surface area contributed by atoms with E-state index in [4.69, 9.17) is 9.84 Å². The van der Waals surface area contributed by atoms with E-state index in [0.29, 0.717) is 6.42 Å².